The lowest BCUT2D eigenvalue weighted by molar-refractivity contribution is 0.610. The third kappa shape index (κ3) is 4.30. The number of aryl methyl sites for hydroxylation is 1. The molecule has 0 atom stereocenters. The van der Waals surface area contributed by atoms with Crippen LogP contribution in [0.5, 0.6) is 0 Å². The molecule has 0 bridgehead atoms. The summed E-state index contributed by atoms with van der Waals surface area (Å²) in [7, 11) is 0. The highest BCUT2D eigenvalue weighted by atomic mass is 15.5. The quantitative estimate of drug-likeness (QED) is 0.465. The first-order chi connectivity index (χ1) is 14.7. The number of aromatic amines is 1. The first-order valence-corrected chi connectivity index (χ1v) is 10.5. The van der Waals surface area contributed by atoms with Gasteiger partial charge in [0.25, 0.3) is 0 Å². The van der Waals surface area contributed by atoms with Gasteiger partial charge in [0.05, 0.1) is 6.54 Å². The zero-order valence-corrected chi connectivity index (χ0v) is 17.7. The normalized spacial score (nSPS) is 11.3. The molecule has 7 nitrogen and oxygen atoms in total. The first kappa shape index (κ1) is 19.9. The Kier molecular flexibility index (Phi) is 5.97. The van der Waals surface area contributed by atoms with Gasteiger partial charge in [-0.3, -0.25) is 0 Å². The fraction of sp³-hybridized carbons (Fsp3) is 0.348. The molecule has 154 valence electrons. The van der Waals surface area contributed by atoms with Crippen LogP contribution in [0.2, 0.25) is 0 Å². The summed E-state index contributed by atoms with van der Waals surface area (Å²) < 4.78 is 2.06. The molecule has 0 saturated carbocycles. The van der Waals surface area contributed by atoms with E-state index < -0.39 is 0 Å². The van der Waals surface area contributed by atoms with Crippen LogP contribution in [0.4, 0.5) is 0 Å². The number of nitrogens with one attached hydrogen (secondary N) is 1. The summed E-state index contributed by atoms with van der Waals surface area (Å²) >= 11 is 0. The van der Waals surface area contributed by atoms with Gasteiger partial charge < -0.3 is 0 Å². The molecule has 0 unspecified atom stereocenters. The van der Waals surface area contributed by atoms with E-state index in [2.05, 4.69) is 76.4 Å². The minimum absolute atomic E-state index is 0.329. The van der Waals surface area contributed by atoms with E-state index in [1.807, 2.05) is 18.2 Å². The summed E-state index contributed by atoms with van der Waals surface area (Å²) in [6, 6.07) is 16.7. The first-order valence-electron chi connectivity index (χ1n) is 10.5. The number of aromatic nitrogens is 7. The largest absolute Gasteiger partial charge is 0.245 e. The zero-order valence-electron chi connectivity index (χ0n) is 17.7. The van der Waals surface area contributed by atoms with Gasteiger partial charge in [0.2, 0.25) is 5.82 Å². The molecular formula is C23H27N7. The number of tetrazole rings is 1. The summed E-state index contributed by atoms with van der Waals surface area (Å²) in [4.78, 5) is 4.78. The van der Waals surface area contributed by atoms with E-state index in [1.54, 1.807) is 0 Å². The zero-order chi connectivity index (χ0) is 20.9. The van der Waals surface area contributed by atoms with Gasteiger partial charge in [-0.15, -0.1) is 10.2 Å². The van der Waals surface area contributed by atoms with Gasteiger partial charge >= 0.3 is 0 Å². The lowest BCUT2D eigenvalue weighted by Crippen LogP contribution is -2.07. The standard InChI is InChI=1S/C23H27N7/c1-4-5-10-21-24-22(16(2)3)27-30(21)15-17-11-13-18(14-12-17)19-8-6-7-9-20(19)23-25-28-29-26-23/h6-9,11-14,16H,4-5,10,15H2,1-3H3,(H,25,26,28,29). The van der Waals surface area contributed by atoms with Crippen molar-refractivity contribution in [1.29, 1.82) is 0 Å². The Morgan fingerprint density at radius 2 is 1.77 bits per heavy atom. The van der Waals surface area contributed by atoms with Crippen LogP contribution in [0.1, 0.15) is 56.7 Å². The van der Waals surface area contributed by atoms with Crippen LogP contribution in [-0.4, -0.2) is 35.4 Å². The Morgan fingerprint density at radius 3 is 2.43 bits per heavy atom. The molecule has 0 aliphatic carbocycles. The molecule has 0 saturated heterocycles. The summed E-state index contributed by atoms with van der Waals surface area (Å²) in [5, 5.41) is 19.2. The lowest BCUT2D eigenvalue weighted by atomic mass is 9.98. The monoisotopic (exact) mass is 401 g/mol. The van der Waals surface area contributed by atoms with Gasteiger partial charge in [0.15, 0.2) is 5.82 Å². The fourth-order valence-electron chi connectivity index (χ4n) is 3.45. The minimum Gasteiger partial charge on any atom is -0.245 e. The highest BCUT2D eigenvalue weighted by Gasteiger charge is 2.14. The molecule has 0 spiro atoms. The van der Waals surface area contributed by atoms with E-state index in [4.69, 9.17) is 10.1 Å². The van der Waals surface area contributed by atoms with Crippen LogP contribution < -0.4 is 0 Å². The van der Waals surface area contributed by atoms with Crippen molar-refractivity contribution in [2.24, 2.45) is 0 Å². The van der Waals surface area contributed by atoms with Gasteiger partial charge in [-0.1, -0.05) is 75.7 Å². The van der Waals surface area contributed by atoms with Crippen molar-refractivity contribution < 1.29 is 0 Å². The number of nitrogens with zero attached hydrogens (tertiary/aromatic N) is 6. The lowest BCUT2D eigenvalue weighted by Gasteiger charge is -2.09. The molecule has 30 heavy (non-hydrogen) atoms. The number of H-pyrrole nitrogens is 1. The van der Waals surface area contributed by atoms with Gasteiger partial charge in [0.1, 0.15) is 5.82 Å². The Labute approximate surface area is 176 Å². The van der Waals surface area contributed by atoms with Crippen molar-refractivity contribution in [3.05, 3.63) is 65.7 Å². The Balaban J connectivity index is 1.59. The van der Waals surface area contributed by atoms with Crippen molar-refractivity contribution in [1.82, 2.24) is 35.4 Å². The summed E-state index contributed by atoms with van der Waals surface area (Å²) in [6.07, 6.45) is 3.24. The topological polar surface area (TPSA) is 85.2 Å². The second-order valence-corrected chi connectivity index (χ2v) is 7.78. The van der Waals surface area contributed by atoms with Crippen molar-refractivity contribution in [3.8, 4) is 22.5 Å². The van der Waals surface area contributed by atoms with Gasteiger partial charge in [-0.2, -0.15) is 10.3 Å². The van der Waals surface area contributed by atoms with Crippen molar-refractivity contribution in [2.45, 2.75) is 52.5 Å². The highest BCUT2D eigenvalue weighted by molar-refractivity contribution is 5.80. The number of hydrogen-bond acceptors (Lipinski definition) is 5. The average Bonchev–Trinajstić information content (AvgIpc) is 3.43. The third-order valence-electron chi connectivity index (χ3n) is 5.15. The molecule has 0 fully saturated rings. The number of hydrogen-bond donors (Lipinski definition) is 1. The minimum atomic E-state index is 0.329. The third-order valence-corrected chi connectivity index (χ3v) is 5.15. The molecule has 4 rings (SSSR count). The Hall–Kier alpha value is -3.35. The van der Waals surface area contributed by atoms with Crippen LogP contribution in [-0.2, 0) is 13.0 Å². The van der Waals surface area contributed by atoms with E-state index in [1.165, 1.54) is 5.56 Å². The van der Waals surface area contributed by atoms with E-state index in [9.17, 15) is 0 Å². The van der Waals surface area contributed by atoms with E-state index in [0.717, 1.165) is 54.1 Å². The molecule has 4 aromatic rings. The fourth-order valence-corrected chi connectivity index (χ4v) is 3.45. The summed E-state index contributed by atoms with van der Waals surface area (Å²) in [6.45, 7) is 7.21. The van der Waals surface area contributed by atoms with Crippen LogP contribution in [0.3, 0.4) is 0 Å². The van der Waals surface area contributed by atoms with Crippen molar-refractivity contribution in [3.63, 3.8) is 0 Å². The molecule has 0 amide bonds. The smallest absolute Gasteiger partial charge is 0.205 e. The Morgan fingerprint density at radius 1 is 1.00 bits per heavy atom. The predicted molar refractivity (Wildman–Crippen MR) is 117 cm³/mol. The van der Waals surface area contributed by atoms with E-state index in [0.29, 0.717) is 11.7 Å². The molecule has 0 aliphatic heterocycles. The number of benzene rings is 2. The molecule has 1 N–H and O–H groups in total. The van der Waals surface area contributed by atoms with Crippen LogP contribution >= 0.6 is 0 Å². The van der Waals surface area contributed by atoms with Crippen molar-refractivity contribution >= 4 is 0 Å². The van der Waals surface area contributed by atoms with Gasteiger partial charge in [-0.05, 0) is 28.3 Å². The molecule has 0 radical (unpaired) electrons. The van der Waals surface area contributed by atoms with Crippen LogP contribution in [0.15, 0.2) is 48.5 Å². The van der Waals surface area contributed by atoms with E-state index in [-0.39, 0.29) is 0 Å². The maximum absolute atomic E-state index is 4.78. The highest BCUT2D eigenvalue weighted by Crippen LogP contribution is 2.29. The second-order valence-electron chi connectivity index (χ2n) is 7.78. The molecule has 2 heterocycles. The SMILES string of the molecule is CCCCc1nc(C(C)C)nn1Cc1ccc(-c2ccccc2-c2nn[nH]n2)cc1. The van der Waals surface area contributed by atoms with E-state index >= 15 is 0 Å². The molecule has 2 aromatic heterocycles. The maximum Gasteiger partial charge on any atom is 0.205 e. The molecule has 0 aliphatic rings. The molecular weight excluding hydrogens is 374 g/mol. The molecule has 7 heteroatoms. The predicted octanol–water partition coefficient (Wildman–Crippen LogP) is 4.64. The number of unbranched alkanes of at least 4 members (excludes halogenated alkanes) is 1. The van der Waals surface area contributed by atoms with Gasteiger partial charge in [0, 0.05) is 17.9 Å². The second kappa shape index (κ2) is 8.98. The van der Waals surface area contributed by atoms with Crippen LogP contribution in [0, 0.1) is 0 Å². The Bertz CT molecular complexity index is 1080. The maximum atomic E-state index is 4.78. The summed E-state index contributed by atoms with van der Waals surface area (Å²) in [5.41, 5.74) is 4.36. The summed E-state index contributed by atoms with van der Waals surface area (Å²) in [5.74, 6) is 2.92. The van der Waals surface area contributed by atoms with Crippen LogP contribution in [0.25, 0.3) is 22.5 Å². The molecule has 2 aromatic carbocycles. The number of rotatable bonds is 8. The van der Waals surface area contributed by atoms with Gasteiger partial charge in [-0.25, -0.2) is 9.67 Å². The average molecular weight is 402 g/mol. The van der Waals surface area contributed by atoms with Crippen molar-refractivity contribution in [2.75, 3.05) is 0 Å².